The Morgan fingerprint density at radius 1 is 1.25 bits per heavy atom. The van der Waals surface area contributed by atoms with Crippen molar-refractivity contribution in [3.05, 3.63) is 35.9 Å². The number of likely N-dealkylation sites (tertiary alicyclic amines) is 1. The van der Waals surface area contributed by atoms with E-state index in [1.54, 1.807) is 4.90 Å². The fraction of sp³-hybridized carbons (Fsp3) is 0.385. The monoisotopic (exact) mass is 217 g/mol. The van der Waals surface area contributed by atoms with Gasteiger partial charge in [0.05, 0.1) is 6.54 Å². The minimum atomic E-state index is 0.112. The summed E-state index contributed by atoms with van der Waals surface area (Å²) in [7, 11) is 0. The van der Waals surface area contributed by atoms with E-state index >= 15 is 0 Å². The first kappa shape index (κ1) is 10.9. The molecule has 0 aliphatic carbocycles. The van der Waals surface area contributed by atoms with Crippen LogP contribution in [0.5, 0.6) is 0 Å². The van der Waals surface area contributed by atoms with E-state index in [0.717, 1.165) is 18.5 Å². The minimum Gasteiger partial charge on any atom is -0.335 e. The number of amides is 1. The number of rotatable bonds is 4. The average molecular weight is 217 g/mol. The Kier molecular flexibility index (Phi) is 3.34. The van der Waals surface area contributed by atoms with Crippen molar-refractivity contribution in [2.24, 2.45) is 0 Å². The zero-order valence-corrected chi connectivity index (χ0v) is 9.19. The molecular formula is C13H15NO2. The van der Waals surface area contributed by atoms with E-state index in [1.807, 2.05) is 30.3 Å². The first-order chi connectivity index (χ1) is 7.75. The highest BCUT2D eigenvalue weighted by atomic mass is 16.2. The summed E-state index contributed by atoms with van der Waals surface area (Å²) in [5, 5.41) is 0. The van der Waals surface area contributed by atoms with Gasteiger partial charge in [0.2, 0.25) is 5.91 Å². The van der Waals surface area contributed by atoms with E-state index < -0.39 is 0 Å². The van der Waals surface area contributed by atoms with E-state index in [4.69, 9.17) is 0 Å². The lowest BCUT2D eigenvalue weighted by atomic mass is 10.1. The maximum absolute atomic E-state index is 11.7. The normalized spacial score (nSPS) is 15.5. The maximum atomic E-state index is 11.7. The number of ketones is 1. The third-order valence-electron chi connectivity index (χ3n) is 2.78. The summed E-state index contributed by atoms with van der Waals surface area (Å²) >= 11 is 0. The lowest BCUT2D eigenvalue weighted by molar-refractivity contribution is -0.132. The highest BCUT2D eigenvalue weighted by Crippen LogP contribution is 2.10. The molecule has 2 rings (SSSR count). The maximum Gasteiger partial charge on any atom is 0.223 e. The van der Waals surface area contributed by atoms with Crippen LogP contribution in [0.4, 0.5) is 0 Å². The van der Waals surface area contributed by atoms with Crippen molar-refractivity contribution in [3.63, 3.8) is 0 Å². The SMILES string of the molecule is O=C(Cc1ccccc1)CN1CCCC1=O. The molecule has 0 bridgehead atoms. The topological polar surface area (TPSA) is 37.4 Å². The second-order valence-corrected chi connectivity index (χ2v) is 4.12. The van der Waals surface area contributed by atoms with Gasteiger partial charge in [-0.25, -0.2) is 0 Å². The molecule has 16 heavy (non-hydrogen) atoms. The van der Waals surface area contributed by atoms with Gasteiger partial charge >= 0.3 is 0 Å². The van der Waals surface area contributed by atoms with Gasteiger partial charge in [-0.1, -0.05) is 30.3 Å². The van der Waals surface area contributed by atoms with Crippen molar-refractivity contribution in [2.45, 2.75) is 19.3 Å². The molecule has 1 aromatic rings. The van der Waals surface area contributed by atoms with Crippen molar-refractivity contribution < 1.29 is 9.59 Å². The first-order valence-corrected chi connectivity index (χ1v) is 5.59. The summed E-state index contributed by atoms with van der Waals surface area (Å²) in [5.74, 6) is 0.225. The zero-order valence-electron chi connectivity index (χ0n) is 9.19. The molecule has 1 aliphatic rings. The molecule has 0 N–H and O–H groups in total. The summed E-state index contributed by atoms with van der Waals surface area (Å²) in [6, 6.07) is 9.64. The van der Waals surface area contributed by atoms with Gasteiger partial charge < -0.3 is 4.90 Å². The Bertz CT molecular complexity index is 386. The molecule has 0 atom stereocenters. The average Bonchev–Trinajstić information content (AvgIpc) is 2.66. The quantitative estimate of drug-likeness (QED) is 0.765. The molecule has 1 fully saturated rings. The van der Waals surface area contributed by atoms with Gasteiger partial charge in [0.15, 0.2) is 5.78 Å². The Hall–Kier alpha value is -1.64. The van der Waals surface area contributed by atoms with Crippen LogP contribution < -0.4 is 0 Å². The minimum absolute atomic E-state index is 0.112. The predicted molar refractivity (Wildman–Crippen MR) is 61.0 cm³/mol. The molecule has 0 radical (unpaired) electrons. The number of nitrogens with zero attached hydrogens (tertiary/aromatic N) is 1. The van der Waals surface area contributed by atoms with Gasteiger partial charge in [-0.15, -0.1) is 0 Å². The predicted octanol–water partition coefficient (Wildman–Crippen LogP) is 1.42. The molecule has 3 heteroatoms. The number of Topliss-reactive ketones (excluding diaryl/α,β-unsaturated/α-hetero) is 1. The Labute approximate surface area is 95.1 Å². The standard InChI is InChI=1S/C13H15NO2/c15-12(9-11-5-2-1-3-6-11)10-14-8-4-7-13(14)16/h1-3,5-6H,4,7-10H2. The highest BCUT2D eigenvalue weighted by Gasteiger charge is 2.21. The molecular weight excluding hydrogens is 202 g/mol. The molecule has 1 aromatic carbocycles. The number of hydrogen-bond donors (Lipinski definition) is 0. The van der Waals surface area contributed by atoms with E-state index in [0.29, 0.717) is 12.8 Å². The van der Waals surface area contributed by atoms with Crippen LogP contribution in [0.3, 0.4) is 0 Å². The van der Waals surface area contributed by atoms with Crippen LogP contribution in [0.25, 0.3) is 0 Å². The molecule has 0 aromatic heterocycles. The Balaban J connectivity index is 1.87. The van der Waals surface area contributed by atoms with Gasteiger partial charge in [0, 0.05) is 19.4 Å². The van der Waals surface area contributed by atoms with Gasteiger partial charge in [0.25, 0.3) is 0 Å². The van der Waals surface area contributed by atoms with Crippen LogP contribution in [-0.4, -0.2) is 29.7 Å². The molecule has 1 saturated heterocycles. The van der Waals surface area contributed by atoms with Crippen LogP contribution in [-0.2, 0) is 16.0 Å². The van der Waals surface area contributed by atoms with Crippen molar-refractivity contribution in [1.82, 2.24) is 4.90 Å². The van der Waals surface area contributed by atoms with Crippen molar-refractivity contribution >= 4 is 11.7 Å². The second kappa shape index (κ2) is 4.92. The molecule has 84 valence electrons. The Morgan fingerprint density at radius 3 is 2.62 bits per heavy atom. The van der Waals surface area contributed by atoms with Crippen LogP contribution in [0.15, 0.2) is 30.3 Å². The highest BCUT2D eigenvalue weighted by molar-refractivity contribution is 5.88. The molecule has 1 amide bonds. The van der Waals surface area contributed by atoms with Crippen molar-refractivity contribution in [1.29, 1.82) is 0 Å². The first-order valence-electron chi connectivity index (χ1n) is 5.59. The second-order valence-electron chi connectivity index (χ2n) is 4.12. The molecule has 0 saturated carbocycles. The van der Waals surface area contributed by atoms with Crippen LogP contribution in [0.1, 0.15) is 18.4 Å². The summed E-state index contributed by atoms with van der Waals surface area (Å²) in [6.07, 6.45) is 1.90. The van der Waals surface area contributed by atoms with Gasteiger partial charge in [-0.3, -0.25) is 9.59 Å². The molecule has 0 unspecified atom stereocenters. The van der Waals surface area contributed by atoms with Crippen LogP contribution in [0, 0.1) is 0 Å². The number of carbonyl (C=O) groups excluding carboxylic acids is 2. The molecule has 1 aliphatic heterocycles. The molecule has 1 heterocycles. The molecule has 3 nitrogen and oxygen atoms in total. The van der Waals surface area contributed by atoms with E-state index in [9.17, 15) is 9.59 Å². The van der Waals surface area contributed by atoms with Gasteiger partial charge in [0.1, 0.15) is 0 Å². The van der Waals surface area contributed by atoms with Crippen LogP contribution >= 0.6 is 0 Å². The van der Waals surface area contributed by atoms with Crippen molar-refractivity contribution in [3.8, 4) is 0 Å². The largest absolute Gasteiger partial charge is 0.335 e. The molecule has 0 spiro atoms. The van der Waals surface area contributed by atoms with E-state index in [1.165, 1.54) is 0 Å². The number of benzene rings is 1. The lowest BCUT2D eigenvalue weighted by Crippen LogP contribution is -2.31. The zero-order chi connectivity index (χ0) is 11.4. The smallest absolute Gasteiger partial charge is 0.223 e. The van der Waals surface area contributed by atoms with E-state index in [2.05, 4.69) is 0 Å². The number of carbonyl (C=O) groups is 2. The third kappa shape index (κ3) is 2.69. The summed E-state index contributed by atoms with van der Waals surface area (Å²) in [6.45, 7) is 1.01. The fourth-order valence-corrected chi connectivity index (χ4v) is 1.96. The van der Waals surface area contributed by atoms with Gasteiger partial charge in [-0.2, -0.15) is 0 Å². The summed E-state index contributed by atoms with van der Waals surface area (Å²) < 4.78 is 0. The Morgan fingerprint density at radius 2 is 2.00 bits per heavy atom. The third-order valence-corrected chi connectivity index (χ3v) is 2.78. The van der Waals surface area contributed by atoms with Crippen LogP contribution in [0.2, 0.25) is 0 Å². The van der Waals surface area contributed by atoms with Gasteiger partial charge in [-0.05, 0) is 12.0 Å². The summed E-state index contributed by atoms with van der Waals surface area (Å²) in [5.41, 5.74) is 1.01. The van der Waals surface area contributed by atoms with E-state index in [-0.39, 0.29) is 18.2 Å². The fourth-order valence-electron chi connectivity index (χ4n) is 1.96. The lowest BCUT2D eigenvalue weighted by Gasteiger charge is -2.14. The summed E-state index contributed by atoms with van der Waals surface area (Å²) in [4.78, 5) is 24.7. The van der Waals surface area contributed by atoms with Crippen molar-refractivity contribution in [2.75, 3.05) is 13.1 Å². The number of hydrogen-bond acceptors (Lipinski definition) is 2.